The Kier molecular flexibility index (Phi) is 13.6. The van der Waals surface area contributed by atoms with Crippen molar-refractivity contribution in [3.8, 4) is 28.1 Å². The lowest BCUT2D eigenvalue weighted by atomic mass is 9.84. The second-order valence-corrected chi connectivity index (χ2v) is 18.1. The standard InChI is InChI=1S/C48H60N8O8/c1-9-55-40-13-12-30-21-34(40)35(43(55)36-23-49-15-14-31(36)26-63-8)22-48(4,5)27-64-47(62)37-11-10-16-56(52-37)46(61)38(19-29-17-32(30)20-33(57)18-29)51-44(59)42(28(2)3)54(7)41(58)25-53(6)45(60)39-24-50-39/h12-15,17-18,20-21,23,37-39,42,50,52,57H,2,9-11,16,19,22,24-27H2,1,3-8H3,(H,51,59)/t37-,38-,39?,42-/m0/s1. The minimum atomic E-state index is -1.21. The van der Waals surface area contributed by atoms with Gasteiger partial charge in [0.25, 0.3) is 5.91 Å². The molecule has 7 rings (SSSR count). The van der Waals surface area contributed by atoms with Crippen molar-refractivity contribution in [3.63, 3.8) is 0 Å². The van der Waals surface area contributed by atoms with Crippen molar-refractivity contribution in [2.45, 2.75) is 90.7 Å². The number of amides is 4. The number of cyclic esters (lactones) is 1. The molecule has 3 aliphatic heterocycles. The number of carbonyl (C=O) groups excluding carboxylic acids is 5. The normalized spacial score (nSPS) is 20.2. The van der Waals surface area contributed by atoms with E-state index in [0.717, 1.165) is 38.9 Å². The summed E-state index contributed by atoms with van der Waals surface area (Å²) in [6.45, 7) is 13.5. The zero-order chi connectivity index (χ0) is 46.0. The number of nitrogens with zero attached hydrogens (tertiary/aromatic N) is 5. The van der Waals surface area contributed by atoms with Gasteiger partial charge in [-0.15, -0.1) is 0 Å². The summed E-state index contributed by atoms with van der Waals surface area (Å²) in [5.41, 5.74) is 9.92. The molecule has 64 heavy (non-hydrogen) atoms. The first-order chi connectivity index (χ1) is 30.5. The molecule has 2 saturated heterocycles. The molecular formula is C48H60N8O8. The van der Waals surface area contributed by atoms with Gasteiger partial charge < -0.3 is 39.6 Å². The number of fused-ring (bicyclic) bond motifs is 6. The lowest BCUT2D eigenvalue weighted by Crippen LogP contribution is -2.62. The van der Waals surface area contributed by atoms with Gasteiger partial charge in [0.15, 0.2) is 0 Å². The van der Waals surface area contributed by atoms with Crippen LogP contribution in [0.15, 0.2) is 67.0 Å². The number of likely N-dealkylation sites (N-methyl/N-ethyl adjacent to an activating group) is 2. The highest BCUT2D eigenvalue weighted by Crippen LogP contribution is 2.41. The van der Waals surface area contributed by atoms with E-state index >= 15 is 0 Å². The number of ether oxygens (including phenoxy) is 2. The van der Waals surface area contributed by atoms with Crippen LogP contribution in [0.4, 0.5) is 0 Å². The molecule has 2 aromatic carbocycles. The first-order valence-electron chi connectivity index (χ1n) is 21.8. The highest BCUT2D eigenvalue weighted by Gasteiger charge is 2.38. The summed E-state index contributed by atoms with van der Waals surface area (Å²) in [7, 11) is 4.65. The molecule has 5 heterocycles. The minimum absolute atomic E-state index is 0.0311. The molecule has 340 valence electrons. The predicted octanol–water partition coefficient (Wildman–Crippen LogP) is 3.72. The van der Waals surface area contributed by atoms with Crippen LogP contribution in [0.3, 0.4) is 0 Å². The highest BCUT2D eigenvalue weighted by atomic mass is 16.5. The zero-order valence-electron chi connectivity index (χ0n) is 37.8. The number of aryl methyl sites for hydroxylation is 1. The van der Waals surface area contributed by atoms with Crippen molar-refractivity contribution in [1.82, 2.24) is 40.4 Å². The van der Waals surface area contributed by atoms with Crippen molar-refractivity contribution in [2.24, 2.45) is 5.41 Å². The minimum Gasteiger partial charge on any atom is -0.508 e. The molecule has 4 aromatic rings. The van der Waals surface area contributed by atoms with Gasteiger partial charge in [-0.3, -0.25) is 34.0 Å². The number of aromatic hydroxyl groups is 1. The van der Waals surface area contributed by atoms with E-state index < -0.39 is 47.2 Å². The van der Waals surface area contributed by atoms with Gasteiger partial charge in [0.2, 0.25) is 17.7 Å². The maximum Gasteiger partial charge on any atom is 0.324 e. The summed E-state index contributed by atoms with van der Waals surface area (Å²) in [5, 5.41) is 19.4. The fraction of sp³-hybridized carbons (Fsp3) is 0.458. The van der Waals surface area contributed by atoms with Gasteiger partial charge in [-0.1, -0.05) is 32.6 Å². The monoisotopic (exact) mass is 876 g/mol. The summed E-state index contributed by atoms with van der Waals surface area (Å²) in [5.74, 6) is -2.42. The van der Waals surface area contributed by atoms with Gasteiger partial charge in [-0.25, -0.2) is 5.43 Å². The van der Waals surface area contributed by atoms with E-state index in [1.54, 1.807) is 32.4 Å². The Morgan fingerprint density at radius 3 is 2.59 bits per heavy atom. The van der Waals surface area contributed by atoms with E-state index in [1.165, 1.54) is 28.9 Å². The smallest absolute Gasteiger partial charge is 0.324 e. The number of nitrogens with one attached hydrogen (secondary N) is 3. The molecule has 0 spiro atoms. The molecule has 2 fully saturated rings. The van der Waals surface area contributed by atoms with Crippen molar-refractivity contribution in [3.05, 3.63) is 83.7 Å². The number of rotatable bonds is 11. The Bertz CT molecular complexity index is 2480. The lowest BCUT2D eigenvalue weighted by molar-refractivity contribution is -0.155. The number of pyridine rings is 1. The first-order valence-corrected chi connectivity index (χ1v) is 21.8. The van der Waals surface area contributed by atoms with Crippen LogP contribution in [0.5, 0.6) is 5.75 Å². The number of aromatic nitrogens is 2. The number of esters is 1. The average molecular weight is 877 g/mol. The maximum absolute atomic E-state index is 14.6. The van der Waals surface area contributed by atoms with Crippen molar-refractivity contribution < 1.29 is 38.6 Å². The van der Waals surface area contributed by atoms with E-state index in [2.05, 4.69) is 65.1 Å². The third-order valence-electron chi connectivity index (χ3n) is 12.3. The van der Waals surface area contributed by atoms with Crippen LogP contribution in [0, 0.1) is 5.41 Å². The molecule has 0 radical (unpaired) electrons. The fourth-order valence-electron chi connectivity index (χ4n) is 8.95. The molecule has 16 heteroatoms. The Labute approximate surface area is 373 Å². The van der Waals surface area contributed by atoms with Crippen LogP contribution in [0.25, 0.3) is 33.3 Å². The van der Waals surface area contributed by atoms with Gasteiger partial charge in [-0.2, -0.15) is 0 Å². The quantitative estimate of drug-likeness (QED) is 0.0974. The summed E-state index contributed by atoms with van der Waals surface area (Å²) < 4.78 is 14.0. The van der Waals surface area contributed by atoms with Crippen LogP contribution in [0.1, 0.15) is 57.2 Å². The van der Waals surface area contributed by atoms with Crippen molar-refractivity contribution in [2.75, 3.05) is 47.4 Å². The van der Waals surface area contributed by atoms with Crippen molar-refractivity contribution in [1.29, 1.82) is 0 Å². The number of carbonyl (C=O) groups is 5. The molecule has 4 atom stereocenters. The Morgan fingerprint density at radius 1 is 1.12 bits per heavy atom. The van der Waals surface area contributed by atoms with E-state index in [4.69, 9.17) is 9.47 Å². The second-order valence-electron chi connectivity index (χ2n) is 18.1. The molecule has 1 unspecified atom stereocenters. The van der Waals surface area contributed by atoms with Gasteiger partial charge in [0.05, 0.1) is 31.5 Å². The van der Waals surface area contributed by atoms with E-state index in [9.17, 15) is 29.1 Å². The third kappa shape index (κ3) is 9.83. The van der Waals surface area contributed by atoms with E-state index in [0.29, 0.717) is 55.7 Å². The molecule has 0 aliphatic carbocycles. The van der Waals surface area contributed by atoms with Crippen LogP contribution in [-0.4, -0.2) is 131 Å². The summed E-state index contributed by atoms with van der Waals surface area (Å²) in [4.78, 5) is 75.9. The number of benzene rings is 2. The fourth-order valence-corrected chi connectivity index (χ4v) is 8.95. The molecule has 2 aromatic heterocycles. The number of hydrogen-bond acceptors (Lipinski definition) is 11. The number of methoxy groups -OCH3 is 1. The molecule has 3 aliphatic rings. The number of hydrazine groups is 1. The second kappa shape index (κ2) is 18.9. The largest absolute Gasteiger partial charge is 0.508 e. The Morgan fingerprint density at radius 2 is 1.89 bits per heavy atom. The highest BCUT2D eigenvalue weighted by molar-refractivity contribution is 5.97. The van der Waals surface area contributed by atoms with Gasteiger partial charge in [-0.05, 0) is 96.8 Å². The summed E-state index contributed by atoms with van der Waals surface area (Å²) in [6.07, 6.45) is 5.03. The third-order valence-corrected chi connectivity index (χ3v) is 12.3. The molecule has 6 bridgehead atoms. The number of phenols is 1. The van der Waals surface area contributed by atoms with Crippen molar-refractivity contribution >= 4 is 40.5 Å². The van der Waals surface area contributed by atoms with Crippen LogP contribution in [0.2, 0.25) is 0 Å². The maximum atomic E-state index is 14.6. The first kappa shape index (κ1) is 45.9. The van der Waals surface area contributed by atoms with E-state index in [-0.39, 0.29) is 43.8 Å². The Hall–Kier alpha value is -6.10. The number of hydrogen-bond donors (Lipinski definition) is 4. The van der Waals surface area contributed by atoms with Gasteiger partial charge in [0, 0.05) is 81.5 Å². The average Bonchev–Trinajstić information content (AvgIpc) is 4.07. The van der Waals surface area contributed by atoms with Crippen LogP contribution < -0.4 is 16.1 Å². The molecular weight excluding hydrogens is 817 g/mol. The van der Waals surface area contributed by atoms with E-state index in [1.807, 2.05) is 24.4 Å². The zero-order valence-corrected chi connectivity index (χ0v) is 37.8. The molecule has 16 nitrogen and oxygen atoms in total. The molecule has 4 amide bonds. The lowest BCUT2D eigenvalue weighted by Gasteiger charge is -2.36. The summed E-state index contributed by atoms with van der Waals surface area (Å²) in [6, 6.07) is 9.71. The molecule has 4 N–H and O–H groups in total. The predicted molar refractivity (Wildman–Crippen MR) is 241 cm³/mol. The SMILES string of the molecule is C=C(C)[C@@H](C(=O)N[C@H]1Cc2cc(O)cc(c2)-c2ccc3c(c2)c(c(-c2cnccc2COC)n3CC)CC(C)(C)COC(=O)[C@@H]2CCCN(N2)C1=O)N(C)C(=O)CN(C)C(=O)C1CN1. The molecule has 0 saturated carbocycles. The summed E-state index contributed by atoms with van der Waals surface area (Å²) >= 11 is 0. The number of phenolic OH excluding ortho intramolecular Hbond substituents is 1. The van der Waals surface area contributed by atoms with Gasteiger partial charge in [0.1, 0.15) is 23.9 Å². The Balaban J connectivity index is 1.30. The van der Waals surface area contributed by atoms with Gasteiger partial charge >= 0.3 is 5.97 Å². The topological polar surface area (TPSA) is 198 Å². The van der Waals surface area contributed by atoms with Crippen LogP contribution >= 0.6 is 0 Å². The van der Waals surface area contributed by atoms with Crippen LogP contribution in [-0.2, 0) is 59.4 Å².